The predicted octanol–water partition coefficient (Wildman–Crippen LogP) is 3.22. The highest BCUT2D eigenvalue weighted by molar-refractivity contribution is 5.66. The standard InChI is InChI=1S/C18H18O3/c1-20-14-7-5-12-10-3-2-8-18(12)15-11(9-10)4-6-13(19)16(15)21-17(14)18/h4-7,10,17,19H,2-3,8-9H2,1H3/t10-,17?,18+/m1/s1. The molecule has 3 heteroatoms. The van der Waals surface area contributed by atoms with Crippen molar-refractivity contribution in [3.63, 3.8) is 0 Å². The predicted molar refractivity (Wildman–Crippen MR) is 78.4 cm³/mol. The molecule has 1 spiro atoms. The Balaban J connectivity index is 1.87. The summed E-state index contributed by atoms with van der Waals surface area (Å²) in [4.78, 5) is 0. The van der Waals surface area contributed by atoms with Gasteiger partial charge >= 0.3 is 0 Å². The highest BCUT2D eigenvalue weighted by Crippen LogP contribution is 2.64. The summed E-state index contributed by atoms with van der Waals surface area (Å²) >= 11 is 0. The quantitative estimate of drug-likeness (QED) is 0.859. The van der Waals surface area contributed by atoms with Crippen LogP contribution in [0.2, 0.25) is 0 Å². The number of allylic oxidation sites excluding steroid dienone is 2. The zero-order chi connectivity index (χ0) is 14.2. The van der Waals surface area contributed by atoms with Gasteiger partial charge in [0, 0.05) is 5.56 Å². The van der Waals surface area contributed by atoms with Gasteiger partial charge in [0.25, 0.3) is 0 Å². The molecule has 0 saturated heterocycles. The number of ether oxygens (including phenoxy) is 2. The lowest BCUT2D eigenvalue weighted by molar-refractivity contribution is 0.0948. The van der Waals surface area contributed by atoms with E-state index in [0.717, 1.165) is 18.6 Å². The van der Waals surface area contributed by atoms with Crippen LogP contribution < -0.4 is 4.74 Å². The first-order valence-electron chi connectivity index (χ1n) is 7.74. The van der Waals surface area contributed by atoms with Crippen LogP contribution in [0.25, 0.3) is 0 Å². The first-order chi connectivity index (χ1) is 10.3. The van der Waals surface area contributed by atoms with Gasteiger partial charge in [0.1, 0.15) is 5.76 Å². The van der Waals surface area contributed by atoms with Gasteiger partial charge in [-0.2, -0.15) is 0 Å². The van der Waals surface area contributed by atoms with Crippen LogP contribution in [0.4, 0.5) is 0 Å². The van der Waals surface area contributed by atoms with Gasteiger partial charge < -0.3 is 14.6 Å². The fraction of sp³-hybridized carbons (Fsp3) is 0.444. The van der Waals surface area contributed by atoms with Gasteiger partial charge in [-0.05, 0) is 42.9 Å². The first-order valence-corrected chi connectivity index (χ1v) is 7.74. The molecule has 0 amide bonds. The summed E-state index contributed by atoms with van der Waals surface area (Å²) in [5, 5.41) is 10.3. The molecule has 108 valence electrons. The number of benzene rings is 1. The molecule has 1 fully saturated rings. The molecule has 2 bridgehead atoms. The van der Waals surface area contributed by atoms with Gasteiger partial charge in [0.15, 0.2) is 17.6 Å². The SMILES string of the molecule is COC1=CC=C2[C@@H]3CCC[C@@]24c2c(ccc(O)c2OC14)C3. The molecule has 1 aliphatic heterocycles. The fourth-order valence-electron chi connectivity index (χ4n) is 5.08. The van der Waals surface area contributed by atoms with E-state index in [4.69, 9.17) is 9.47 Å². The van der Waals surface area contributed by atoms with Crippen molar-refractivity contribution >= 4 is 0 Å². The van der Waals surface area contributed by atoms with Crippen LogP contribution in [0.15, 0.2) is 35.6 Å². The molecular formula is C18H18O3. The number of rotatable bonds is 1. The minimum atomic E-state index is -0.104. The maximum Gasteiger partial charge on any atom is 0.169 e. The fourth-order valence-corrected chi connectivity index (χ4v) is 5.08. The van der Waals surface area contributed by atoms with E-state index in [1.54, 1.807) is 13.2 Å². The Hall–Kier alpha value is -1.90. The third kappa shape index (κ3) is 1.18. The van der Waals surface area contributed by atoms with Gasteiger partial charge in [-0.15, -0.1) is 0 Å². The molecule has 3 nitrogen and oxygen atoms in total. The Morgan fingerprint density at radius 1 is 1.33 bits per heavy atom. The molecule has 0 radical (unpaired) electrons. The Morgan fingerprint density at radius 2 is 2.24 bits per heavy atom. The average molecular weight is 282 g/mol. The van der Waals surface area contributed by atoms with Crippen molar-refractivity contribution in [3.05, 3.63) is 46.7 Å². The van der Waals surface area contributed by atoms with Crippen molar-refractivity contribution in [1.29, 1.82) is 0 Å². The zero-order valence-electron chi connectivity index (χ0n) is 12.1. The van der Waals surface area contributed by atoms with Gasteiger partial charge in [-0.25, -0.2) is 0 Å². The highest BCUT2D eigenvalue weighted by Gasteiger charge is 2.60. The van der Waals surface area contributed by atoms with Crippen molar-refractivity contribution in [2.45, 2.75) is 37.2 Å². The number of phenols is 1. The van der Waals surface area contributed by atoms with E-state index < -0.39 is 0 Å². The normalized spacial score (nSPS) is 34.5. The molecule has 1 aromatic carbocycles. The van der Waals surface area contributed by atoms with E-state index >= 15 is 0 Å². The van der Waals surface area contributed by atoms with Gasteiger partial charge in [0.05, 0.1) is 12.5 Å². The molecule has 0 aromatic heterocycles. The van der Waals surface area contributed by atoms with Crippen molar-refractivity contribution in [1.82, 2.24) is 0 Å². The molecule has 21 heavy (non-hydrogen) atoms. The molecule has 1 unspecified atom stereocenters. The molecule has 1 N–H and O–H groups in total. The van der Waals surface area contributed by atoms with Crippen LogP contribution in [-0.2, 0) is 16.6 Å². The lowest BCUT2D eigenvalue weighted by atomic mass is 9.53. The number of aromatic hydroxyl groups is 1. The maximum atomic E-state index is 10.3. The number of hydrogen-bond donors (Lipinski definition) is 1. The summed E-state index contributed by atoms with van der Waals surface area (Å²) in [6, 6.07) is 3.87. The van der Waals surface area contributed by atoms with E-state index in [1.807, 2.05) is 0 Å². The summed E-state index contributed by atoms with van der Waals surface area (Å²) in [5.74, 6) is 2.44. The van der Waals surface area contributed by atoms with Gasteiger partial charge in [-0.3, -0.25) is 0 Å². The van der Waals surface area contributed by atoms with E-state index in [0.29, 0.717) is 11.7 Å². The van der Waals surface area contributed by atoms with Crippen molar-refractivity contribution in [2.24, 2.45) is 5.92 Å². The largest absolute Gasteiger partial charge is 0.504 e. The minimum absolute atomic E-state index is 0.0926. The van der Waals surface area contributed by atoms with Crippen molar-refractivity contribution in [2.75, 3.05) is 7.11 Å². The van der Waals surface area contributed by atoms with Crippen LogP contribution in [0, 0.1) is 5.92 Å². The third-order valence-corrected chi connectivity index (χ3v) is 5.82. The second kappa shape index (κ2) is 3.65. The Labute approximate surface area is 123 Å². The number of hydrogen-bond acceptors (Lipinski definition) is 3. The number of phenolic OH excluding ortho intramolecular Hbond substituents is 1. The summed E-state index contributed by atoms with van der Waals surface area (Å²) in [6.45, 7) is 0. The molecule has 1 saturated carbocycles. The minimum Gasteiger partial charge on any atom is -0.504 e. The monoisotopic (exact) mass is 282 g/mol. The lowest BCUT2D eigenvalue weighted by Gasteiger charge is -2.49. The molecule has 1 heterocycles. The zero-order valence-corrected chi connectivity index (χ0v) is 12.1. The molecule has 5 rings (SSSR count). The van der Waals surface area contributed by atoms with Crippen molar-refractivity contribution < 1.29 is 14.6 Å². The van der Waals surface area contributed by atoms with Crippen molar-refractivity contribution in [3.8, 4) is 11.5 Å². The Bertz CT molecular complexity index is 715. The van der Waals surface area contributed by atoms with Crippen LogP contribution in [-0.4, -0.2) is 18.3 Å². The highest BCUT2D eigenvalue weighted by atomic mass is 16.5. The van der Waals surface area contributed by atoms with Crippen LogP contribution in [0.3, 0.4) is 0 Å². The summed E-state index contributed by atoms with van der Waals surface area (Å²) in [6.07, 6.45) is 8.84. The van der Waals surface area contributed by atoms with Crippen LogP contribution in [0.1, 0.15) is 30.4 Å². The molecule has 3 atom stereocenters. The molecule has 3 aliphatic carbocycles. The van der Waals surface area contributed by atoms with Crippen LogP contribution >= 0.6 is 0 Å². The summed E-state index contributed by atoms with van der Waals surface area (Å²) in [7, 11) is 1.71. The second-order valence-corrected chi connectivity index (χ2v) is 6.61. The first kappa shape index (κ1) is 11.7. The summed E-state index contributed by atoms with van der Waals surface area (Å²) in [5.41, 5.74) is 3.99. The van der Waals surface area contributed by atoms with Gasteiger partial charge in [0.2, 0.25) is 0 Å². The molecule has 4 aliphatic rings. The smallest absolute Gasteiger partial charge is 0.169 e. The van der Waals surface area contributed by atoms with Gasteiger partial charge in [-0.1, -0.05) is 24.1 Å². The van der Waals surface area contributed by atoms with E-state index in [9.17, 15) is 5.11 Å². The Kier molecular flexibility index (Phi) is 2.04. The third-order valence-electron chi connectivity index (χ3n) is 5.82. The molecule has 1 aromatic rings. The summed E-state index contributed by atoms with van der Waals surface area (Å²) < 4.78 is 11.8. The Morgan fingerprint density at radius 3 is 3.10 bits per heavy atom. The second-order valence-electron chi connectivity index (χ2n) is 6.61. The lowest BCUT2D eigenvalue weighted by Crippen LogP contribution is -2.50. The van der Waals surface area contributed by atoms with Crippen LogP contribution in [0.5, 0.6) is 11.5 Å². The average Bonchev–Trinajstić information content (AvgIpc) is 2.83. The van der Waals surface area contributed by atoms with E-state index in [2.05, 4.69) is 18.2 Å². The molecular weight excluding hydrogens is 264 g/mol. The number of methoxy groups -OCH3 is 1. The van der Waals surface area contributed by atoms with E-state index in [-0.39, 0.29) is 17.3 Å². The maximum absolute atomic E-state index is 10.3. The topological polar surface area (TPSA) is 38.7 Å². The van der Waals surface area contributed by atoms with E-state index in [1.165, 1.54) is 29.5 Å².